The average Bonchev–Trinajstić information content (AvgIpc) is 3.79. The van der Waals surface area contributed by atoms with E-state index < -0.39 is 0 Å². The Morgan fingerprint density at radius 1 is 0.438 bits per heavy atom. The number of oxazole rings is 1. The number of nitrogens with zero attached hydrogens (tertiary/aromatic N) is 2. The van der Waals surface area contributed by atoms with Crippen LogP contribution in [0.1, 0.15) is 0 Å². The van der Waals surface area contributed by atoms with E-state index in [1.165, 1.54) is 76.4 Å². The monoisotopic (exact) mass is 608 g/mol. The molecule has 2 heterocycles. The summed E-state index contributed by atoms with van der Waals surface area (Å²) in [7, 11) is 0. The van der Waals surface area contributed by atoms with Crippen molar-refractivity contribution in [2.75, 3.05) is 0 Å². The van der Waals surface area contributed by atoms with Crippen molar-refractivity contribution in [1.82, 2.24) is 9.55 Å². The minimum Gasteiger partial charge on any atom is -0.435 e. The number of hydrogen-bond acceptors (Lipinski definition) is 2. The molecule has 0 N–H and O–H groups in total. The van der Waals surface area contributed by atoms with E-state index in [1.54, 1.807) is 0 Å². The van der Waals surface area contributed by atoms with E-state index in [9.17, 15) is 0 Å². The van der Waals surface area contributed by atoms with Gasteiger partial charge in [0.25, 0.3) is 0 Å². The Kier molecular flexibility index (Phi) is 4.47. The van der Waals surface area contributed by atoms with Crippen molar-refractivity contribution in [2.45, 2.75) is 0 Å². The van der Waals surface area contributed by atoms with Crippen molar-refractivity contribution in [2.24, 2.45) is 0 Å². The second-order valence-electron chi connectivity index (χ2n) is 13.1. The molecule has 0 fully saturated rings. The van der Waals surface area contributed by atoms with Crippen LogP contribution in [0.3, 0.4) is 0 Å². The predicted octanol–water partition coefficient (Wildman–Crippen LogP) is 12.2. The molecule has 48 heavy (non-hydrogen) atoms. The zero-order chi connectivity index (χ0) is 31.1. The Morgan fingerprint density at radius 3 is 2.02 bits per heavy atom. The third kappa shape index (κ3) is 2.98. The van der Waals surface area contributed by atoms with Gasteiger partial charge in [-0.15, -0.1) is 0 Å². The van der Waals surface area contributed by atoms with Gasteiger partial charge in [0.05, 0.1) is 11.0 Å². The molecule has 0 bridgehead atoms. The summed E-state index contributed by atoms with van der Waals surface area (Å²) in [5.41, 5.74) is 13.0. The van der Waals surface area contributed by atoms with Crippen molar-refractivity contribution in [3.8, 4) is 62.0 Å². The Bertz CT molecular complexity index is 3050. The third-order valence-corrected chi connectivity index (χ3v) is 10.7. The summed E-state index contributed by atoms with van der Waals surface area (Å²) >= 11 is 0. The molecule has 3 heteroatoms. The molecule has 0 saturated carbocycles. The molecule has 3 nitrogen and oxygen atoms in total. The molecule has 0 aliphatic heterocycles. The van der Waals surface area contributed by atoms with Gasteiger partial charge in [-0.25, -0.2) is 4.98 Å². The molecule has 0 spiro atoms. The van der Waals surface area contributed by atoms with Crippen LogP contribution in [0.5, 0.6) is 0 Å². The lowest BCUT2D eigenvalue weighted by atomic mass is 9.93. The molecule has 0 atom stereocenters. The smallest absolute Gasteiger partial charge is 0.227 e. The predicted molar refractivity (Wildman–Crippen MR) is 198 cm³/mol. The molecular weight excluding hydrogens is 585 g/mol. The standard InChI is InChI=1S/C45H24N2O/c1-2-9-26(10-3-1)45-46-43-36-23-27-19-21-28(24-35(27)33-15-7-17-34(40(33)36)44(43)48-45)47-37-18-8-16-32-30-13-5-4-12-29(30)31-14-6-11-25-20-22-38(47)42(39(25)31)41(32)37/h1-24H. The number of rotatable bonds is 2. The molecule has 2 aliphatic rings. The Hall–Kier alpha value is -6.45. The van der Waals surface area contributed by atoms with E-state index >= 15 is 0 Å². The van der Waals surface area contributed by atoms with Gasteiger partial charge in [-0.2, -0.15) is 0 Å². The summed E-state index contributed by atoms with van der Waals surface area (Å²) < 4.78 is 8.93. The summed E-state index contributed by atoms with van der Waals surface area (Å²) in [6.45, 7) is 0. The van der Waals surface area contributed by atoms with Gasteiger partial charge in [0.2, 0.25) is 5.89 Å². The highest BCUT2D eigenvalue weighted by Gasteiger charge is 2.30. The van der Waals surface area contributed by atoms with Crippen molar-refractivity contribution in [3.05, 3.63) is 146 Å². The first kappa shape index (κ1) is 24.7. The Morgan fingerprint density at radius 2 is 1.15 bits per heavy atom. The molecule has 0 unspecified atom stereocenters. The highest BCUT2D eigenvalue weighted by molar-refractivity contribution is 6.30. The third-order valence-electron chi connectivity index (χ3n) is 10.7. The molecule has 0 saturated heterocycles. The summed E-state index contributed by atoms with van der Waals surface area (Å²) in [5.74, 6) is 1.52. The van der Waals surface area contributed by atoms with Crippen LogP contribution in [0, 0.1) is 0 Å². The van der Waals surface area contributed by atoms with Crippen molar-refractivity contribution < 1.29 is 4.42 Å². The van der Waals surface area contributed by atoms with Gasteiger partial charge in [-0.1, -0.05) is 103 Å². The van der Waals surface area contributed by atoms with Gasteiger partial charge in [0.15, 0.2) is 5.76 Å². The Balaban J connectivity index is 1.14. The lowest BCUT2D eigenvalue weighted by molar-refractivity contribution is 0.590. The minimum atomic E-state index is 0.663. The lowest BCUT2D eigenvalue weighted by Gasteiger charge is -2.14. The van der Waals surface area contributed by atoms with Gasteiger partial charge >= 0.3 is 0 Å². The SMILES string of the molecule is c1ccc(-c2nc3c(o2)-c2cccc4c2c-3cc2ccc(-n3c5cccc6c5c5c7c(cccc7ccc53)-c3ccccc3-6)cc24)cc1. The first-order chi connectivity index (χ1) is 23.8. The Labute approximate surface area is 274 Å². The molecule has 220 valence electrons. The lowest BCUT2D eigenvalue weighted by Crippen LogP contribution is -1.95. The van der Waals surface area contributed by atoms with E-state index in [0.29, 0.717) is 5.89 Å². The molecule has 2 aliphatic carbocycles. The van der Waals surface area contributed by atoms with E-state index in [-0.39, 0.29) is 0 Å². The first-order valence-corrected chi connectivity index (χ1v) is 16.5. The van der Waals surface area contributed by atoms with Crippen LogP contribution in [0.25, 0.3) is 116 Å². The van der Waals surface area contributed by atoms with Crippen molar-refractivity contribution in [3.63, 3.8) is 0 Å². The molecule has 2 aromatic heterocycles. The molecule has 10 aromatic rings. The maximum absolute atomic E-state index is 6.46. The fraction of sp³-hybridized carbons (Fsp3) is 0. The maximum atomic E-state index is 6.46. The number of aromatic nitrogens is 2. The van der Waals surface area contributed by atoms with Crippen molar-refractivity contribution in [1.29, 1.82) is 0 Å². The van der Waals surface area contributed by atoms with Crippen LogP contribution in [0.15, 0.2) is 150 Å². The van der Waals surface area contributed by atoms with Crippen molar-refractivity contribution >= 4 is 54.1 Å². The number of benzene rings is 8. The summed E-state index contributed by atoms with van der Waals surface area (Å²) in [6, 6.07) is 52.9. The molecule has 12 rings (SSSR count). The van der Waals surface area contributed by atoms with Crippen LogP contribution in [0.4, 0.5) is 0 Å². The fourth-order valence-electron chi connectivity index (χ4n) is 8.71. The molecule has 0 amide bonds. The number of hydrogen-bond donors (Lipinski definition) is 0. The summed E-state index contributed by atoms with van der Waals surface area (Å²) in [5, 5.41) is 10.1. The van der Waals surface area contributed by atoms with Crippen LogP contribution in [-0.4, -0.2) is 9.55 Å². The minimum absolute atomic E-state index is 0.663. The maximum Gasteiger partial charge on any atom is 0.227 e. The highest BCUT2D eigenvalue weighted by atomic mass is 16.4. The average molecular weight is 609 g/mol. The summed E-state index contributed by atoms with van der Waals surface area (Å²) in [6.07, 6.45) is 0. The second kappa shape index (κ2) is 8.67. The van der Waals surface area contributed by atoms with Gasteiger partial charge < -0.3 is 8.98 Å². The molecular formula is C45H24N2O. The van der Waals surface area contributed by atoms with E-state index in [4.69, 9.17) is 9.40 Å². The van der Waals surface area contributed by atoms with Crippen LogP contribution < -0.4 is 0 Å². The highest BCUT2D eigenvalue weighted by Crippen LogP contribution is 2.52. The fourth-order valence-corrected chi connectivity index (χ4v) is 8.71. The largest absolute Gasteiger partial charge is 0.435 e. The van der Waals surface area contributed by atoms with Gasteiger partial charge in [-0.3, -0.25) is 0 Å². The van der Waals surface area contributed by atoms with Crippen LogP contribution in [0.2, 0.25) is 0 Å². The zero-order valence-electron chi connectivity index (χ0n) is 25.7. The van der Waals surface area contributed by atoms with Gasteiger partial charge in [0.1, 0.15) is 5.69 Å². The van der Waals surface area contributed by atoms with Crippen LogP contribution in [-0.2, 0) is 0 Å². The molecule has 0 radical (unpaired) electrons. The van der Waals surface area contributed by atoms with E-state index in [2.05, 4.69) is 120 Å². The number of fused-ring (bicyclic) bond motifs is 8. The molecule has 8 aromatic carbocycles. The van der Waals surface area contributed by atoms with Gasteiger partial charge in [0, 0.05) is 38.5 Å². The topological polar surface area (TPSA) is 31.0 Å². The zero-order valence-corrected chi connectivity index (χ0v) is 25.7. The first-order valence-electron chi connectivity index (χ1n) is 16.5. The van der Waals surface area contributed by atoms with Crippen LogP contribution >= 0.6 is 0 Å². The van der Waals surface area contributed by atoms with E-state index in [0.717, 1.165) is 33.8 Å². The normalized spacial score (nSPS) is 12.6. The van der Waals surface area contributed by atoms with E-state index in [1.807, 2.05) is 30.3 Å². The summed E-state index contributed by atoms with van der Waals surface area (Å²) in [4.78, 5) is 5.03. The quantitative estimate of drug-likeness (QED) is 0.183. The van der Waals surface area contributed by atoms with Gasteiger partial charge in [-0.05, 0) is 91.6 Å². The second-order valence-corrected chi connectivity index (χ2v) is 13.1.